The molecule has 0 bridgehead atoms. The van der Waals surface area contributed by atoms with Crippen molar-refractivity contribution in [2.75, 3.05) is 17.7 Å². The lowest BCUT2D eigenvalue weighted by atomic mass is 10.1. The Balaban J connectivity index is 1.63. The van der Waals surface area contributed by atoms with Crippen LogP contribution in [0.25, 0.3) is 35.7 Å². The van der Waals surface area contributed by atoms with Crippen molar-refractivity contribution in [2.45, 2.75) is 27.7 Å². The third-order valence-corrected chi connectivity index (χ3v) is 6.19. The summed E-state index contributed by atoms with van der Waals surface area (Å²) in [4.78, 5) is 15.7. The average Bonchev–Trinajstić information content (AvgIpc) is 3.61. The Morgan fingerprint density at radius 1 is 0.795 bits per heavy atom. The highest BCUT2D eigenvalue weighted by Crippen LogP contribution is 2.32. The minimum atomic E-state index is -0.0984. The molecule has 0 saturated carbocycles. The summed E-state index contributed by atoms with van der Waals surface area (Å²) in [7, 11) is 1.60. The standard InChI is InChI=1S/C32H35N11O/c1-9-13-26-24(11-3)38-42(40-26)23-16-20(5)15-22(19-23)35-31(33-7)37-32(34-8)36-28-17-21(6)18-29(30(28)44)43-39-25(12-4)27(41-43)14-10-2/h9-19,44H,3-4,8H2,1-2,5-7H3,(H2,33,35,36,37)/b13-9-,14-10-. The van der Waals surface area contributed by atoms with E-state index in [1.165, 1.54) is 4.80 Å². The van der Waals surface area contributed by atoms with E-state index in [-0.39, 0.29) is 17.7 Å². The number of anilines is 2. The number of rotatable bonds is 8. The quantitative estimate of drug-likeness (QED) is 0.128. The maximum atomic E-state index is 11.2. The van der Waals surface area contributed by atoms with Crippen LogP contribution in [0.15, 0.2) is 70.6 Å². The Labute approximate surface area is 256 Å². The van der Waals surface area contributed by atoms with Crippen LogP contribution < -0.4 is 10.6 Å². The third kappa shape index (κ3) is 6.93. The van der Waals surface area contributed by atoms with Crippen molar-refractivity contribution >= 4 is 54.3 Å². The first-order valence-electron chi connectivity index (χ1n) is 13.7. The molecular weight excluding hydrogens is 554 g/mol. The first-order valence-corrected chi connectivity index (χ1v) is 13.7. The number of phenols is 1. The number of aromatic hydroxyl groups is 1. The molecule has 4 aromatic rings. The molecule has 2 aromatic heterocycles. The molecule has 0 atom stereocenters. The molecule has 4 rings (SSSR count). The summed E-state index contributed by atoms with van der Waals surface area (Å²) in [6.45, 7) is 18.9. The van der Waals surface area contributed by atoms with Crippen molar-refractivity contribution in [2.24, 2.45) is 15.0 Å². The second-order valence-electron chi connectivity index (χ2n) is 9.56. The van der Waals surface area contributed by atoms with Crippen molar-refractivity contribution in [3.8, 4) is 17.1 Å². The molecule has 2 aromatic carbocycles. The normalized spacial score (nSPS) is 12.2. The zero-order valence-electron chi connectivity index (χ0n) is 25.4. The maximum absolute atomic E-state index is 11.2. The summed E-state index contributed by atoms with van der Waals surface area (Å²) in [5.74, 6) is 0.255. The molecule has 224 valence electrons. The number of nitrogens with zero attached hydrogens (tertiary/aromatic N) is 9. The number of nitrogens with one attached hydrogen (secondary N) is 2. The fourth-order valence-corrected chi connectivity index (χ4v) is 4.27. The first kappa shape index (κ1) is 31.0. The number of guanidine groups is 2. The van der Waals surface area contributed by atoms with Crippen LogP contribution >= 0.6 is 0 Å². The van der Waals surface area contributed by atoms with Crippen molar-refractivity contribution in [3.63, 3.8) is 0 Å². The first-order chi connectivity index (χ1) is 21.2. The molecule has 0 fully saturated rings. The van der Waals surface area contributed by atoms with Gasteiger partial charge in [-0.25, -0.2) is 4.99 Å². The third-order valence-electron chi connectivity index (χ3n) is 6.19. The van der Waals surface area contributed by atoms with E-state index in [2.05, 4.69) is 65.9 Å². The van der Waals surface area contributed by atoms with Gasteiger partial charge in [0.05, 0.1) is 11.4 Å². The summed E-state index contributed by atoms with van der Waals surface area (Å²) in [5.41, 5.74) is 6.58. The molecule has 3 N–H and O–H groups in total. The van der Waals surface area contributed by atoms with Crippen LogP contribution in [0.2, 0.25) is 0 Å². The highest BCUT2D eigenvalue weighted by molar-refractivity contribution is 6.08. The highest BCUT2D eigenvalue weighted by atomic mass is 16.3. The molecule has 0 aliphatic rings. The lowest BCUT2D eigenvalue weighted by Crippen LogP contribution is -2.17. The van der Waals surface area contributed by atoms with Crippen molar-refractivity contribution in [1.82, 2.24) is 30.0 Å². The van der Waals surface area contributed by atoms with Gasteiger partial charge < -0.3 is 15.7 Å². The Morgan fingerprint density at radius 3 is 1.98 bits per heavy atom. The van der Waals surface area contributed by atoms with Gasteiger partial charge in [0.25, 0.3) is 0 Å². The Hall–Kier alpha value is -5.91. The minimum Gasteiger partial charge on any atom is -0.504 e. The van der Waals surface area contributed by atoms with Crippen molar-refractivity contribution < 1.29 is 5.11 Å². The largest absolute Gasteiger partial charge is 0.504 e. The summed E-state index contributed by atoms with van der Waals surface area (Å²) in [6, 6.07) is 9.31. The molecule has 0 unspecified atom stereocenters. The summed E-state index contributed by atoms with van der Waals surface area (Å²) in [5, 5.41) is 35.5. The Bertz CT molecular complexity index is 1840. The second kappa shape index (κ2) is 13.8. The molecule has 0 aliphatic heterocycles. The molecular formula is C32H35N11O. The molecule has 0 radical (unpaired) electrons. The fraction of sp³-hybridized carbons (Fsp3) is 0.156. The topological polar surface area (TPSA) is 143 Å². The zero-order chi connectivity index (χ0) is 31.8. The number of aromatic nitrogens is 6. The van der Waals surface area contributed by atoms with Crippen LogP contribution in [0.4, 0.5) is 11.4 Å². The van der Waals surface area contributed by atoms with Gasteiger partial charge in [0, 0.05) is 12.7 Å². The zero-order valence-corrected chi connectivity index (χ0v) is 25.4. The molecule has 2 heterocycles. The number of allylic oxidation sites excluding steroid dienone is 2. The monoisotopic (exact) mass is 589 g/mol. The van der Waals surface area contributed by atoms with Gasteiger partial charge in [-0.05, 0) is 100 Å². The van der Waals surface area contributed by atoms with Crippen molar-refractivity contribution in [3.05, 3.63) is 89.5 Å². The van der Waals surface area contributed by atoms with E-state index in [1.54, 1.807) is 36.1 Å². The van der Waals surface area contributed by atoms with E-state index < -0.39 is 0 Å². The maximum Gasteiger partial charge on any atom is 0.229 e. The van der Waals surface area contributed by atoms with Crippen LogP contribution in [0.5, 0.6) is 5.75 Å². The highest BCUT2D eigenvalue weighted by Gasteiger charge is 2.16. The van der Waals surface area contributed by atoms with Crippen LogP contribution in [-0.2, 0) is 0 Å². The van der Waals surface area contributed by atoms with Crippen LogP contribution in [0, 0.1) is 13.8 Å². The number of hydrogen-bond donors (Lipinski definition) is 3. The van der Waals surface area contributed by atoms with Crippen LogP contribution in [-0.4, -0.2) is 60.8 Å². The smallest absolute Gasteiger partial charge is 0.229 e. The van der Waals surface area contributed by atoms with Crippen LogP contribution in [0.3, 0.4) is 0 Å². The predicted octanol–water partition coefficient (Wildman–Crippen LogP) is 6.09. The minimum absolute atomic E-state index is 0.0984. The molecule has 44 heavy (non-hydrogen) atoms. The number of hydrogen-bond acceptors (Lipinski definition) is 6. The summed E-state index contributed by atoms with van der Waals surface area (Å²) >= 11 is 0. The number of benzene rings is 2. The average molecular weight is 590 g/mol. The SMILES string of the molecule is C=Cc1nn(-c2cc(C)cc(NC(=NC)/N=C(\N=C)Nc3cc(C)cc(-n4nc(C=C)c(/C=C\C)n4)c3O)c2)nc1/C=C\C. The van der Waals surface area contributed by atoms with Gasteiger partial charge in [0.1, 0.15) is 28.5 Å². The van der Waals surface area contributed by atoms with Gasteiger partial charge in [0.15, 0.2) is 5.75 Å². The molecule has 0 spiro atoms. The van der Waals surface area contributed by atoms with E-state index in [1.807, 2.05) is 70.2 Å². The Morgan fingerprint density at radius 2 is 1.39 bits per heavy atom. The van der Waals surface area contributed by atoms with E-state index in [4.69, 9.17) is 0 Å². The molecule has 12 nitrogen and oxygen atoms in total. The summed E-state index contributed by atoms with van der Waals surface area (Å²) < 4.78 is 0. The van der Waals surface area contributed by atoms with Crippen LogP contribution in [0.1, 0.15) is 47.8 Å². The lowest BCUT2D eigenvalue weighted by molar-refractivity contribution is 0.469. The van der Waals surface area contributed by atoms with E-state index in [0.29, 0.717) is 34.1 Å². The number of phenolic OH excluding ortho intramolecular Hbond substituents is 1. The predicted molar refractivity (Wildman–Crippen MR) is 181 cm³/mol. The molecule has 12 heteroatoms. The fourth-order valence-electron chi connectivity index (χ4n) is 4.27. The van der Waals surface area contributed by atoms with Gasteiger partial charge in [-0.3, -0.25) is 4.99 Å². The molecule has 0 aliphatic carbocycles. The van der Waals surface area contributed by atoms with E-state index >= 15 is 0 Å². The van der Waals surface area contributed by atoms with Gasteiger partial charge in [-0.2, -0.15) is 9.79 Å². The van der Waals surface area contributed by atoms with Gasteiger partial charge in [-0.15, -0.1) is 25.2 Å². The van der Waals surface area contributed by atoms with Crippen molar-refractivity contribution in [1.29, 1.82) is 0 Å². The van der Waals surface area contributed by atoms with E-state index in [9.17, 15) is 5.11 Å². The Kier molecular flexibility index (Phi) is 9.76. The summed E-state index contributed by atoms with van der Waals surface area (Å²) in [6.07, 6.45) is 10.7. The van der Waals surface area contributed by atoms with Gasteiger partial charge in [0.2, 0.25) is 11.9 Å². The van der Waals surface area contributed by atoms with Gasteiger partial charge >= 0.3 is 0 Å². The number of aliphatic imine (C=N–C) groups is 3. The van der Waals surface area contributed by atoms with Gasteiger partial charge in [-0.1, -0.05) is 25.3 Å². The molecule has 0 saturated heterocycles. The lowest BCUT2D eigenvalue weighted by Gasteiger charge is -2.13. The number of aryl methyl sites for hydroxylation is 2. The van der Waals surface area contributed by atoms with E-state index in [0.717, 1.165) is 22.5 Å². The second-order valence-corrected chi connectivity index (χ2v) is 9.56. The molecule has 0 amide bonds.